The minimum absolute atomic E-state index is 0.123. The molecule has 1 aromatic rings. The molecule has 4 heteroatoms. The van der Waals surface area contributed by atoms with Crippen molar-refractivity contribution < 1.29 is 15.0 Å². The van der Waals surface area contributed by atoms with Gasteiger partial charge in [-0.3, -0.25) is 4.79 Å². The van der Waals surface area contributed by atoms with Gasteiger partial charge in [-0.2, -0.15) is 0 Å². The van der Waals surface area contributed by atoms with Crippen molar-refractivity contribution in [2.24, 2.45) is 11.8 Å². The summed E-state index contributed by atoms with van der Waals surface area (Å²) in [5.74, 6) is 0.971. The van der Waals surface area contributed by atoms with Crippen LogP contribution in [0, 0.1) is 18.8 Å². The summed E-state index contributed by atoms with van der Waals surface area (Å²) in [6, 6.07) is 5.00. The van der Waals surface area contributed by atoms with Crippen LogP contribution in [0.1, 0.15) is 41.6 Å². The molecule has 0 radical (unpaired) electrons. The largest absolute Gasteiger partial charge is 0.508 e. The standard InChI is InChI=1S/C16H23NO3/c1-11-14(3-2-4-15(11)19)16(20)17-9-12-5-7-13(10-18)8-6-12/h2-4,12-13,18-19H,5-10H2,1H3,(H,17,20). The van der Waals surface area contributed by atoms with E-state index in [1.165, 1.54) is 0 Å². The first-order valence-corrected chi connectivity index (χ1v) is 7.29. The lowest BCUT2D eigenvalue weighted by molar-refractivity contribution is 0.0935. The quantitative estimate of drug-likeness (QED) is 0.790. The molecule has 1 aliphatic carbocycles. The predicted molar refractivity (Wildman–Crippen MR) is 77.7 cm³/mol. The Balaban J connectivity index is 1.85. The van der Waals surface area contributed by atoms with Crippen molar-refractivity contribution in [1.29, 1.82) is 0 Å². The number of aliphatic hydroxyl groups excluding tert-OH is 1. The van der Waals surface area contributed by atoms with Gasteiger partial charge in [-0.1, -0.05) is 6.07 Å². The average molecular weight is 277 g/mol. The number of carbonyl (C=O) groups is 1. The second-order valence-corrected chi connectivity index (χ2v) is 5.73. The van der Waals surface area contributed by atoms with Gasteiger partial charge in [0.1, 0.15) is 5.75 Å². The van der Waals surface area contributed by atoms with Crippen LogP contribution in [0.15, 0.2) is 18.2 Å². The number of phenolic OH excluding ortho intramolecular Hbond substituents is 1. The zero-order chi connectivity index (χ0) is 14.5. The number of aliphatic hydroxyl groups is 1. The number of rotatable bonds is 4. The van der Waals surface area contributed by atoms with Crippen LogP contribution in [0.3, 0.4) is 0 Å². The highest BCUT2D eigenvalue weighted by molar-refractivity contribution is 5.96. The molecule has 3 N–H and O–H groups in total. The van der Waals surface area contributed by atoms with E-state index in [-0.39, 0.29) is 18.3 Å². The average Bonchev–Trinajstić information content (AvgIpc) is 2.48. The summed E-state index contributed by atoms with van der Waals surface area (Å²) in [4.78, 5) is 12.1. The first-order chi connectivity index (χ1) is 9.61. The summed E-state index contributed by atoms with van der Waals surface area (Å²) in [5, 5.41) is 21.7. The number of hydrogen-bond donors (Lipinski definition) is 3. The smallest absolute Gasteiger partial charge is 0.251 e. The number of benzene rings is 1. The van der Waals surface area contributed by atoms with Crippen LogP contribution in [-0.2, 0) is 0 Å². The van der Waals surface area contributed by atoms with Crippen molar-refractivity contribution in [3.8, 4) is 5.75 Å². The highest BCUT2D eigenvalue weighted by Gasteiger charge is 2.21. The van der Waals surface area contributed by atoms with Gasteiger partial charge in [0.05, 0.1) is 0 Å². The molecule has 4 nitrogen and oxygen atoms in total. The van der Waals surface area contributed by atoms with Gasteiger partial charge in [0.25, 0.3) is 5.91 Å². The molecule has 1 aromatic carbocycles. The van der Waals surface area contributed by atoms with Crippen LogP contribution < -0.4 is 5.32 Å². The van der Waals surface area contributed by atoms with E-state index in [0.717, 1.165) is 25.7 Å². The Labute approximate surface area is 119 Å². The van der Waals surface area contributed by atoms with Gasteiger partial charge < -0.3 is 15.5 Å². The third-order valence-electron chi connectivity index (χ3n) is 4.33. The molecule has 0 unspecified atom stereocenters. The third-order valence-corrected chi connectivity index (χ3v) is 4.33. The van der Waals surface area contributed by atoms with Gasteiger partial charge in [0.2, 0.25) is 0 Å². The van der Waals surface area contributed by atoms with E-state index in [9.17, 15) is 9.90 Å². The van der Waals surface area contributed by atoms with Crippen LogP contribution in [0.5, 0.6) is 5.75 Å². The van der Waals surface area contributed by atoms with E-state index >= 15 is 0 Å². The zero-order valence-corrected chi connectivity index (χ0v) is 11.9. The molecule has 0 aliphatic heterocycles. The molecule has 1 fully saturated rings. The molecule has 1 amide bonds. The highest BCUT2D eigenvalue weighted by atomic mass is 16.3. The predicted octanol–water partition coefficient (Wildman–Crippen LogP) is 2.23. The van der Waals surface area contributed by atoms with Gasteiger partial charge in [0, 0.05) is 24.3 Å². The van der Waals surface area contributed by atoms with Crippen LogP contribution >= 0.6 is 0 Å². The van der Waals surface area contributed by atoms with Gasteiger partial charge in [-0.25, -0.2) is 0 Å². The van der Waals surface area contributed by atoms with E-state index < -0.39 is 0 Å². The maximum Gasteiger partial charge on any atom is 0.251 e. The normalized spacial score (nSPS) is 22.5. The molecular weight excluding hydrogens is 254 g/mol. The minimum Gasteiger partial charge on any atom is -0.508 e. The van der Waals surface area contributed by atoms with Crippen LogP contribution in [-0.4, -0.2) is 29.3 Å². The summed E-state index contributed by atoms with van der Waals surface area (Å²) in [6.07, 6.45) is 4.21. The number of nitrogens with one attached hydrogen (secondary N) is 1. The summed E-state index contributed by atoms with van der Waals surface area (Å²) in [7, 11) is 0. The maximum absolute atomic E-state index is 12.1. The summed E-state index contributed by atoms with van der Waals surface area (Å²) in [6.45, 7) is 2.70. The Hall–Kier alpha value is -1.55. The Morgan fingerprint density at radius 1 is 1.25 bits per heavy atom. The van der Waals surface area contributed by atoms with Gasteiger partial charge in [0.15, 0.2) is 0 Å². The fourth-order valence-electron chi connectivity index (χ4n) is 2.82. The van der Waals surface area contributed by atoms with Gasteiger partial charge in [-0.05, 0) is 56.6 Å². The van der Waals surface area contributed by atoms with E-state index in [0.29, 0.717) is 29.5 Å². The van der Waals surface area contributed by atoms with Crippen LogP contribution in [0.2, 0.25) is 0 Å². The van der Waals surface area contributed by atoms with Crippen LogP contribution in [0.4, 0.5) is 0 Å². The van der Waals surface area contributed by atoms with Crippen LogP contribution in [0.25, 0.3) is 0 Å². The van der Waals surface area contributed by atoms with Crippen molar-refractivity contribution in [3.63, 3.8) is 0 Å². The lowest BCUT2D eigenvalue weighted by Gasteiger charge is -2.27. The number of phenols is 1. The molecule has 0 atom stereocenters. The zero-order valence-electron chi connectivity index (χ0n) is 11.9. The first-order valence-electron chi connectivity index (χ1n) is 7.29. The molecule has 110 valence electrons. The second kappa shape index (κ2) is 6.75. The molecule has 1 aliphatic rings. The van der Waals surface area contributed by atoms with Gasteiger partial charge >= 0.3 is 0 Å². The number of hydrogen-bond acceptors (Lipinski definition) is 3. The maximum atomic E-state index is 12.1. The van der Waals surface area contributed by atoms with Crippen molar-refractivity contribution >= 4 is 5.91 Å². The molecule has 0 aromatic heterocycles. The molecule has 0 saturated heterocycles. The number of aromatic hydroxyl groups is 1. The number of amides is 1. The topological polar surface area (TPSA) is 69.6 Å². The molecule has 2 rings (SSSR count). The summed E-state index contributed by atoms with van der Waals surface area (Å²) in [5.41, 5.74) is 1.16. The Bertz CT molecular complexity index is 465. The second-order valence-electron chi connectivity index (χ2n) is 5.73. The summed E-state index contributed by atoms with van der Waals surface area (Å²) < 4.78 is 0. The number of carbonyl (C=O) groups excluding carboxylic acids is 1. The van der Waals surface area contributed by atoms with Crippen molar-refractivity contribution in [2.45, 2.75) is 32.6 Å². The van der Waals surface area contributed by atoms with Gasteiger partial charge in [-0.15, -0.1) is 0 Å². The molecule has 0 bridgehead atoms. The fraction of sp³-hybridized carbons (Fsp3) is 0.562. The van der Waals surface area contributed by atoms with E-state index in [1.54, 1.807) is 25.1 Å². The monoisotopic (exact) mass is 277 g/mol. The Morgan fingerprint density at radius 2 is 1.90 bits per heavy atom. The van der Waals surface area contributed by atoms with Crippen molar-refractivity contribution in [2.75, 3.05) is 13.2 Å². The molecule has 0 heterocycles. The Morgan fingerprint density at radius 3 is 2.55 bits per heavy atom. The molecule has 1 saturated carbocycles. The summed E-state index contributed by atoms with van der Waals surface area (Å²) >= 11 is 0. The highest BCUT2D eigenvalue weighted by Crippen LogP contribution is 2.28. The molecule has 20 heavy (non-hydrogen) atoms. The lowest BCUT2D eigenvalue weighted by Crippen LogP contribution is -2.32. The first kappa shape index (κ1) is 14.9. The SMILES string of the molecule is Cc1c(O)cccc1C(=O)NCC1CCC(CO)CC1. The lowest BCUT2D eigenvalue weighted by atomic mass is 9.82. The van der Waals surface area contributed by atoms with E-state index in [4.69, 9.17) is 5.11 Å². The molecular formula is C16H23NO3. The molecule has 0 spiro atoms. The Kier molecular flexibility index (Phi) is 5.01. The van der Waals surface area contributed by atoms with E-state index in [2.05, 4.69) is 5.32 Å². The minimum atomic E-state index is -0.123. The van der Waals surface area contributed by atoms with Crippen molar-refractivity contribution in [1.82, 2.24) is 5.32 Å². The van der Waals surface area contributed by atoms with Crippen molar-refractivity contribution in [3.05, 3.63) is 29.3 Å². The fourth-order valence-corrected chi connectivity index (χ4v) is 2.82. The van der Waals surface area contributed by atoms with E-state index in [1.807, 2.05) is 0 Å². The third kappa shape index (κ3) is 3.51.